The molecule has 38 heavy (non-hydrogen) atoms. The highest BCUT2D eigenvalue weighted by atomic mass is 16.5. The molecule has 0 spiro atoms. The number of anilines is 2. The van der Waals surface area contributed by atoms with Crippen LogP contribution in [0, 0.1) is 6.92 Å². The van der Waals surface area contributed by atoms with Crippen LogP contribution in [-0.2, 0) is 10.2 Å². The van der Waals surface area contributed by atoms with Crippen molar-refractivity contribution in [3.63, 3.8) is 0 Å². The van der Waals surface area contributed by atoms with Crippen LogP contribution in [0.25, 0.3) is 33.2 Å². The number of benzene rings is 4. The number of fused-ring (bicyclic) bond motifs is 1. The zero-order chi connectivity index (χ0) is 26.3. The van der Waals surface area contributed by atoms with Crippen LogP contribution in [0.4, 0.5) is 11.4 Å². The molecule has 6 rings (SSSR count). The number of carbonyl (C=O) groups is 1. The van der Waals surface area contributed by atoms with Gasteiger partial charge in [0.15, 0.2) is 5.76 Å². The Hall–Kier alpha value is -4.38. The molecule has 1 heterocycles. The first-order valence-corrected chi connectivity index (χ1v) is 13.1. The summed E-state index contributed by atoms with van der Waals surface area (Å²) in [4.78, 5) is 13.5. The molecular weight excluding hydrogens is 472 g/mol. The molecule has 4 aromatic carbocycles. The number of hydrogen-bond acceptors (Lipinski definition) is 4. The Morgan fingerprint density at radius 1 is 0.895 bits per heavy atom. The normalized spacial score (nSPS) is 13.9. The lowest BCUT2D eigenvalue weighted by Gasteiger charge is -2.23. The van der Waals surface area contributed by atoms with Gasteiger partial charge in [0.1, 0.15) is 11.4 Å². The van der Waals surface area contributed by atoms with Crippen LogP contribution in [0.3, 0.4) is 0 Å². The van der Waals surface area contributed by atoms with Crippen LogP contribution >= 0.6 is 0 Å². The Morgan fingerprint density at radius 2 is 1.53 bits per heavy atom. The smallest absolute Gasteiger partial charge is 0.304 e. The number of carboxylic acid groups (broad SMARTS) is 1. The van der Waals surface area contributed by atoms with Gasteiger partial charge in [-0.2, -0.15) is 0 Å². The van der Waals surface area contributed by atoms with Crippen LogP contribution in [0.2, 0.25) is 0 Å². The molecule has 0 atom stereocenters. The summed E-state index contributed by atoms with van der Waals surface area (Å²) in [6.45, 7) is 4.90. The van der Waals surface area contributed by atoms with E-state index in [4.69, 9.17) is 4.52 Å². The highest BCUT2D eigenvalue weighted by molar-refractivity contribution is 5.89. The fourth-order valence-corrected chi connectivity index (χ4v) is 5.52. The highest BCUT2D eigenvalue weighted by Crippen LogP contribution is 2.51. The maximum atomic E-state index is 11.3. The van der Waals surface area contributed by atoms with Crippen LogP contribution in [-0.4, -0.2) is 22.8 Å². The summed E-state index contributed by atoms with van der Waals surface area (Å²) in [5.74, 6) is 0.0233. The zero-order valence-electron chi connectivity index (χ0n) is 21.6. The van der Waals surface area contributed by atoms with Crippen molar-refractivity contribution >= 4 is 28.1 Å². The van der Waals surface area contributed by atoms with E-state index in [0.717, 1.165) is 64.5 Å². The third kappa shape index (κ3) is 4.34. The number of aryl methyl sites for hydroxylation is 1. The summed E-state index contributed by atoms with van der Waals surface area (Å²) in [6, 6.07) is 31.6. The number of nitrogens with zero attached hydrogens (tertiary/aromatic N) is 2. The van der Waals surface area contributed by atoms with Crippen molar-refractivity contribution in [2.75, 3.05) is 11.4 Å². The monoisotopic (exact) mass is 502 g/mol. The minimum absolute atomic E-state index is 0.176. The first-order chi connectivity index (χ1) is 18.5. The van der Waals surface area contributed by atoms with Gasteiger partial charge in [-0.05, 0) is 66.3 Å². The molecule has 0 unspecified atom stereocenters. The van der Waals surface area contributed by atoms with E-state index in [1.54, 1.807) is 0 Å². The lowest BCUT2D eigenvalue weighted by Crippen LogP contribution is -2.17. The van der Waals surface area contributed by atoms with Gasteiger partial charge in [-0.1, -0.05) is 84.0 Å². The SMILES string of the molecule is CCN(c1ccc2ccccc2c1)c1c(C)noc1-c1ccc(-c2ccc(C3(CC(=O)O)CC3)cc2)cc1. The van der Waals surface area contributed by atoms with Crippen LogP contribution in [0.5, 0.6) is 0 Å². The molecule has 1 N–H and O–H groups in total. The van der Waals surface area contributed by atoms with Crippen LogP contribution in [0.15, 0.2) is 95.5 Å². The Morgan fingerprint density at radius 3 is 2.16 bits per heavy atom. The van der Waals surface area contributed by atoms with E-state index in [2.05, 4.69) is 108 Å². The molecule has 190 valence electrons. The predicted molar refractivity (Wildman–Crippen MR) is 152 cm³/mol. The summed E-state index contributed by atoms with van der Waals surface area (Å²) >= 11 is 0. The quantitative estimate of drug-likeness (QED) is 0.232. The number of aromatic nitrogens is 1. The Labute approximate surface area is 222 Å². The largest absolute Gasteiger partial charge is 0.481 e. The standard InChI is InChI=1S/C33H30N2O3/c1-3-35(29-17-14-23-6-4-5-7-27(23)20-29)31-22(2)34-38-32(31)26-10-8-24(9-11-26)25-12-15-28(16-13-25)33(18-19-33)21-30(36)37/h4-17,20H,3,18-19,21H2,1-2H3,(H,36,37). The molecule has 5 nitrogen and oxygen atoms in total. The summed E-state index contributed by atoms with van der Waals surface area (Å²) in [5, 5.41) is 16.0. The maximum Gasteiger partial charge on any atom is 0.304 e. The average Bonchev–Trinajstić information content (AvgIpc) is 3.62. The van der Waals surface area contributed by atoms with Gasteiger partial charge < -0.3 is 14.5 Å². The molecule has 0 aliphatic heterocycles. The summed E-state index contributed by atoms with van der Waals surface area (Å²) < 4.78 is 5.87. The molecule has 0 amide bonds. The second-order valence-electron chi connectivity index (χ2n) is 10.2. The molecule has 5 aromatic rings. The van der Waals surface area contributed by atoms with Crippen molar-refractivity contribution in [1.82, 2.24) is 5.16 Å². The van der Waals surface area contributed by atoms with Crippen molar-refractivity contribution in [2.45, 2.75) is 38.5 Å². The zero-order valence-corrected chi connectivity index (χ0v) is 21.6. The van der Waals surface area contributed by atoms with Gasteiger partial charge in [-0.25, -0.2) is 0 Å². The topological polar surface area (TPSA) is 66.6 Å². The number of hydrogen-bond donors (Lipinski definition) is 1. The number of rotatable bonds is 8. The second kappa shape index (κ2) is 9.49. The van der Waals surface area contributed by atoms with Crippen LogP contribution in [0.1, 0.15) is 37.4 Å². The Balaban J connectivity index is 1.28. The molecular formula is C33H30N2O3. The van der Waals surface area contributed by atoms with Gasteiger partial charge >= 0.3 is 5.97 Å². The third-order valence-corrected chi connectivity index (χ3v) is 7.78. The summed E-state index contributed by atoms with van der Waals surface area (Å²) in [7, 11) is 0. The fourth-order valence-electron chi connectivity index (χ4n) is 5.52. The molecule has 1 saturated carbocycles. The van der Waals surface area contributed by atoms with Gasteiger partial charge in [-0.15, -0.1) is 0 Å². The van der Waals surface area contributed by atoms with Crippen molar-refractivity contribution in [3.05, 3.63) is 102 Å². The molecule has 0 radical (unpaired) electrons. The van der Waals surface area contributed by atoms with Gasteiger partial charge in [0, 0.05) is 23.2 Å². The van der Waals surface area contributed by atoms with Gasteiger partial charge in [0.05, 0.1) is 6.42 Å². The molecule has 1 aliphatic carbocycles. The lowest BCUT2D eigenvalue weighted by atomic mass is 9.91. The van der Waals surface area contributed by atoms with Crippen molar-refractivity contribution in [3.8, 4) is 22.5 Å². The third-order valence-electron chi connectivity index (χ3n) is 7.78. The lowest BCUT2D eigenvalue weighted by molar-refractivity contribution is -0.137. The minimum atomic E-state index is -0.730. The predicted octanol–water partition coefficient (Wildman–Crippen LogP) is 8.13. The molecule has 0 bridgehead atoms. The van der Waals surface area contributed by atoms with E-state index in [0.29, 0.717) is 0 Å². The van der Waals surface area contributed by atoms with Gasteiger partial charge in [-0.3, -0.25) is 4.79 Å². The fraction of sp³-hybridized carbons (Fsp3) is 0.212. The van der Waals surface area contributed by atoms with Crippen molar-refractivity contribution in [1.29, 1.82) is 0 Å². The van der Waals surface area contributed by atoms with E-state index in [1.165, 1.54) is 10.8 Å². The molecule has 0 saturated heterocycles. The van der Waals surface area contributed by atoms with Crippen molar-refractivity contribution in [2.24, 2.45) is 0 Å². The molecule has 1 fully saturated rings. The van der Waals surface area contributed by atoms with Crippen molar-refractivity contribution < 1.29 is 14.4 Å². The first kappa shape index (κ1) is 24.0. The Bertz CT molecular complexity index is 1610. The second-order valence-corrected chi connectivity index (χ2v) is 10.2. The average molecular weight is 503 g/mol. The van der Waals surface area contributed by atoms with E-state index < -0.39 is 5.97 Å². The summed E-state index contributed by atoms with van der Waals surface area (Å²) in [5.41, 5.74) is 7.05. The minimum Gasteiger partial charge on any atom is -0.481 e. The maximum absolute atomic E-state index is 11.3. The summed E-state index contributed by atoms with van der Waals surface area (Å²) in [6.07, 6.45) is 2.09. The molecule has 1 aliphatic rings. The Kier molecular flexibility index (Phi) is 5.99. The molecule has 5 heteroatoms. The van der Waals surface area contributed by atoms with Crippen LogP contribution < -0.4 is 4.90 Å². The number of carboxylic acids is 1. The number of aliphatic carboxylic acids is 1. The molecule has 1 aromatic heterocycles. The first-order valence-electron chi connectivity index (χ1n) is 13.1. The van der Waals surface area contributed by atoms with Gasteiger partial charge in [0.2, 0.25) is 0 Å². The van der Waals surface area contributed by atoms with E-state index >= 15 is 0 Å². The van der Waals surface area contributed by atoms with E-state index in [-0.39, 0.29) is 11.8 Å². The van der Waals surface area contributed by atoms with E-state index in [1.807, 2.05) is 6.92 Å². The van der Waals surface area contributed by atoms with E-state index in [9.17, 15) is 9.90 Å². The highest BCUT2D eigenvalue weighted by Gasteiger charge is 2.45. The van der Waals surface area contributed by atoms with Gasteiger partial charge in [0.25, 0.3) is 0 Å².